The Morgan fingerprint density at radius 3 is 2.70 bits per heavy atom. The number of benzene rings is 3. The first-order chi connectivity index (χ1) is 16.0. The molecule has 4 rings (SSSR count). The van der Waals surface area contributed by atoms with Crippen LogP contribution in [0.25, 0.3) is 6.08 Å². The van der Waals surface area contributed by atoms with E-state index in [4.69, 9.17) is 14.2 Å². The topological polar surface area (TPSA) is 85.9 Å². The van der Waals surface area contributed by atoms with Crippen molar-refractivity contribution in [3.05, 3.63) is 89.2 Å². The number of hydrogen-bond donors (Lipinski definition) is 2. The zero-order chi connectivity index (χ0) is 23.2. The summed E-state index contributed by atoms with van der Waals surface area (Å²) >= 11 is 0. The largest absolute Gasteiger partial charge is 0.494 e. The molecule has 2 N–H and O–H groups in total. The van der Waals surface area contributed by atoms with E-state index in [0.29, 0.717) is 28.3 Å². The highest BCUT2D eigenvalue weighted by Gasteiger charge is 2.15. The molecule has 2 amide bonds. The Bertz CT molecular complexity index is 1230. The number of ether oxygens (including phenoxy) is 3. The first-order valence-electron chi connectivity index (χ1n) is 10.1. The average Bonchev–Trinajstić information content (AvgIpc) is 3.29. The molecular weight excluding hydrogens is 427 g/mol. The fraction of sp³-hybridized carbons (Fsp3) is 0.120. The van der Waals surface area contributed by atoms with Gasteiger partial charge in [-0.2, -0.15) is 0 Å². The van der Waals surface area contributed by atoms with Crippen LogP contribution in [-0.4, -0.2) is 25.7 Å². The summed E-state index contributed by atoms with van der Waals surface area (Å²) in [6.07, 6.45) is 2.74. The molecule has 0 fully saturated rings. The zero-order valence-corrected chi connectivity index (χ0v) is 17.8. The van der Waals surface area contributed by atoms with Crippen molar-refractivity contribution in [3.63, 3.8) is 0 Å². The lowest BCUT2D eigenvalue weighted by Gasteiger charge is -2.11. The normalized spacial score (nSPS) is 11.9. The predicted molar refractivity (Wildman–Crippen MR) is 121 cm³/mol. The summed E-state index contributed by atoms with van der Waals surface area (Å²) in [6.45, 7) is 0.459. The van der Waals surface area contributed by atoms with Crippen LogP contribution in [0.15, 0.2) is 66.7 Å². The van der Waals surface area contributed by atoms with Gasteiger partial charge in [-0.05, 0) is 53.6 Å². The maximum atomic E-state index is 13.8. The molecule has 1 heterocycles. The van der Waals surface area contributed by atoms with Crippen LogP contribution in [0.1, 0.15) is 21.5 Å². The molecule has 0 atom stereocenters. The van der Waals surface area contributed by atoms with E-state index in [2.05, 4.69) is 10.6 Å². The number of rotatable bonds is 7. The van der Waals surface area contributed by atoms with Gasteiger partial charge in [0.25, 0.3) is 5.91 Å². The number of halogens is 1. The minimum absolute atomic E-state index is 0.122. The maximum Gasteiger partial charge on any atom is 0.253 e. The summed E-state index contributed by atoms with van der Waals surface area (Å²) in [6, 6.07) is 16.5. The Labute approximate surface area is 189 Å². The van der Waals surface area contributed by atoms with E-state index in [9.17, 15) is 14.0 Å². The molecule has 3 aromatic rings. The van der Waals surface area contributed by atoms with Crippen LogP contribution in [0, 0.1) is 5.82 Å². The molecule has 7 nitrogen and oxygen atoms in total. The van der Waals surface area contributed by atoms with Crippen LogP contribution in [0.4, 0.5) is 10.1 Å². The Kier molecular flexibility index (Phi) is 6.54. The summed E-state index contributed by atoms with van der Waals surface area (Å²) in [5.41, 5.74) is 2.02. The van der Waals surface area contributed by atoms with Gasteiger partial charge in [0, 0.05) is 12.6 Å². The average molecular weight is 448 g/mol. The minimum Gasteiger partial charge on any atom is -0.494 e. The van der Waals surface area contributed by atoms with Gasteiger partial charge >= 0.3 is 0 Å². The monoisotopic (exact) mass is 448 g/mol. The summed E-state index contributed by atoms with van der Waals surface area (Å²) in [5, 5.41) is 5.53. The lowest BCUT2D eigenvalue weighted by Crippen LogP contribution is -2.24. The number of anilines is 1. The zero-order valence-electron chi connectivity index (χ0n) is 17.8. The van der Waals surface area contributed by atoms with Crippen molar-refractivity contribution in [3.8, 4) is 17.2 Å². The second kappa shape index (κ2) is 9.86. The van der Waals surface area contributed by atoms with E-state index in [1.54, 1.807) is 36.4 Å². The Balaban J connectivity index is 1.39. The molecule has 0 aliphatic carbocycles. The smallest absolute Gasteiger partial charge is 0.253 e. The standard InChI is InChI=1S/C25H21FN2O5/c1-31-21-9-6-16(12-19(21)26)8-11-24(29)28-20-5-3-2-4-18(20)25(30)27-14-17-7-10-22-23(13-17)33-15-32-22/h2-13H,14-15H2,1H3,(H,27,30)(H,28,29)/b11-8+. The van der Waals surface area contributed by atoms with Gasteiger partial charge in [-0.3, -0.25) is 9.59 Å². The Morgan fingerprint density at radius 2 is 1.88 bits per heavy atom. The first kappa shape index (κ1) is 21.9. The van der Waals surface area contributed by atoms with Crippen molar-refractivity contribution in [2.45, 2.75) is 6.54 Å². The fourth-order valence-electron chi connectivity index (χ4n) is 3.25. The molecule has 0 radical (unpaired) electrons. The van der Waals surface area contributed by atoms with Gasteiger partial charge in [-0.1, -0.05) is 24.3 Å². The number of amides is 2. The third kappa shape index (κ3) is 5.30. The van der Waals surface area contributed by atoms with Gasteiger partial charge in [-0.15, -0.1) is 0 Å². The van der Waals surface area contributed by atoms with Gasteiger partial charge in [0.05, 0.1) is 18.4 Å². The van der Waals surface area contributed by atoms with Crippen molar-refractivity contribution < 1.29 is 28.2 Å². The number of para-hydroxylation sites is 1. The van der Waals surface area contributed by atoms with Crippen LogP contribution < -0.4 is 24.8 Å². The summed E-state index contributed by atoms with van der Waals surface area (Å²) in [4.78, 5) is 25.1. The predicted octanol–water partition coefficient (Wildman–Crippen LogP) is 4.14. The van der Waals surface area contributed by atoms with Gasteiger partial charge in [0.15, 0.2) is 23.1 Å². The molecule has 1 aliphatic rings. The molecule has 0 saturated heterocycles. The van der Waals surface area contributed by atoms with Crippen molar-refractivity contribution in [1.29, 1.82) is 0 Å². The second-order valence-corrected chi connectivity index (χ2v) is 7.13. The maximum absolute atomic E-state index is 13.8. The van der Waals surface area contributed by atoms with E-state index in [1.807, 2.05) is 12.1 Å². The van der Waals surface area contributed by atoms with Crippen LogP contribution >= 0.6 is 0 Å². The second-order valence-electron chi connectivity index (χ2n) is 7.13. The number of carbonyl (C=O) groups is 2. The summed E-state index contributed by atoms with van der Waals surface area (Å²) < 4.78 is 29.3. The Hall–Kier alpha value is -4.33. The minimum atomic E-state index is -0.524. The number of hydrogen-bond acceptors (Lipinski definition) is 5. The van der Waals surface area contributed by atoms with Gasteiger partial charge < -0.3 is 24.8 Å². The molecule has 1 aliphatic heterocycles. The highest BCUT2D eigenvalue weighted by molar-refractivity contribution is 6.07. The summed E-state index contributed by atoms with van der Waals surface area (Å²) in [5.74, 6) is 0.107. The number of fused-ring (bicyclic) bond motifs is 1. The molecular formula is C25H21FN2O5. The van der Waals surface area contributed by atoms with E-state index in [-0.39, 0.29) is 25.0 Å². The van der Waals surface area contributed by atoms with Crippen LogP contribution in [0.3, 0.4) is 0 Å². The number of methoxy groups -OCH3 is 1. The Morgan fingerprint density at radius 1 is 1.06 bits per heavy atom. The van der Waals surface area contributed by atoms with Crippen molar-refractivity contribution in [2.24, 2.45) is 0 Å². The van der Waals surface area contributed by atoms with Crippen molar-refractivity contribution >= 4 is 23.6 Å². The van der Waals surface area contributed by atoms with E-state index in [1.165, 1.54) is 31.4 Å². The van der Waals surface area contributed by atoms with Gasteiger partial charge in [0.1, 0.15) is 0 Å². The van der Waals surface area contributed by atoms with Crippen LogP contribution in [-0.2, 0) is 11.3 Å². The molecule has 8 heteroatoms. The van der Waals surface area contributed by atoms with Crippen molar-refractivity contribution in [2.75, 3.05) is 19.2 Å². The van der Waals surface area contributed by atoms with E-state index < -0.39 is 11.7 Å². The molecule has 3 aromatic carbocycles. The molecule has 0 saturated carbocycles. The lowest BCUT2D eigenvalue weighted by molar-refractivity contribution is -0.111. The summed E-state index contributed by atoms with van der Waals surface area (Å²) in [7, 11) is 1.38. The SMILES string of the molecule is COc1ccc(/C=C/C(=O)Nc2ccccc2C(=O)NCc2ccc3c(c2)OCO3)cc1F. The lowest BCUT2D eigenvalue weighted by atomic mass is 10.1. The van der Waals surface area contributed by atoms with Crippen molar-refractivity contribution in [1.82, 2.24) is 5.32 Å². The third-order valence-corrected chi connectivity index (χ3v) is 4.92. The highest BCUT2D eigenvalue weighted by Crippen LogP contribution is 2.32. The van der Waals surface area contributed by atoms with E-state index in [0.717, 1.165) is 5.56 Å². The van der Waals surface area contributed by atoms with Gasteiger partial charge in [0.2, 0.25) is 12.7 Å². The van der Waals surface area contributed by atoms with Crippen LogP contribution in [0.5, 0.6) is 17.2 Å². The van der Waals surface area contributed by atoms with Crippen LogP contribution in [0.2, 0.25) is 0 Å². The third-order valence-electron chi connectivity index (χ3n) is 4.92. The number of carbonyl (C=O) groups excluding carboxylic acids is 2. The molecule has 0 bridgehead atoms. The molecule has 33 heavy (non-hydrogen) atoms. The molecule has 168 valence electrons. The molecule has 0 aromatic heterocycles. The van der Waals surface area contributed by atoms with Gasteiger partial charge in [-0.25, -0.2) is 4.39 Å². The highest BCUT2D eigenvalue weighted by atomic mass is 19.1. The fourth-order valence-corrected chi connectivity index (χ4v) is 3.25. The molecule has 0 spiro atoms. The first-order valence-corrected chi connectivity index (χ1v) is 10.1. The molecule has 0 unspecified atom stereocenters. The van der Waals surface area contributed by atoms with E-state index >= 15 is 0 Å². The number of nitrogens with one attached hydrogen (secondary N) is 2. The quantitative estimate of drug-likeness (QED) is 0.531.